The highest BCUT2D eigenvalue weighted by atomic mass is 19.1. The summed E-state index contributed by atoms with van der Waals surface area (Å²) in [5, 5.41) is 2.66. The molecule has 3 rings (SSSR count). The van der Waals surface area contributed by atoms with Crippen LogP contribution in [0.25, 0.3) is 0 Å². The number of ether oxygens (including phenoxy) is 1. The van der Waals surface area contributed by atoms with Crippen molar-refractivity contribution in [2.24, 2.45) is 0 Å². The van der Waals surface area contributed by atoms with Gasteiger partial charge in [0.15, 0.2) is 18.2 Å². The minimum absolute atomic E-state index is 0.0466. The Hall–Kier alpha value is -2.70. The van der Waals surface area contributed by atoms with Gasteiger partial charge in [-0.3, -0.25) is 9.78 Å². The zero-order chi connectivity index (χ0) is 15.5. The molecule has 5 nitrogen and oxygen atoms in total. The van der Waals surface area contributed by atoms with Crippen LogP contribution in [-0.4, -0.2) is 30.6 Å². The predicted molar refractivity (Wildman–Crippen MR) is 76.9 cm³/mol. The van der Waals surface area contributed by atoms with E-state index in [-0.39, 0.29) is 31.3 Å². The molecule has 2 aromatic rings. The SMILES string of the molecule is O=C1COc2ccccc2N1CCNc1c(F)cncc1F. The maximum Gasteiger partial charge on any atom is 0.265 e. The zero-order valence-corrected chi connectivity index (χ0v) is 11.6. The molecule has 2 heterocycles. The van der Waals surface area contributed by atoms with E-state index in [0.29, 0.717) is 11.4 Å². The van der Waals surface area contributed by atoms with Crippen molar-refractivity contribution in [3.63, 3.8) is 0 Å². The highest BCUT2D eigenvalue weighted by molar-refractivity contribution is 5.97. The van der Waals surface area contributed by atoms with Gasteiger partial charge in [-0.15, -0.1) is 0 Å². The normalized spacial score (nSPS) is 13.5. The molecule has 22 heavy (non-hydrogen) atoms. The molecule has 1 aliphatic heterocycles. The second-order valence-electron chi connectivity index (χ2n) is 4.71. The summed E-state index contributed by atoms with van der Waals surface area (Å²) in [5.74, 6) is -1.12. The number of anilines is 2. The number of pyridine rings is 1. The van der Waals surface area contributed by atoms with Crippen molar-refractivity contribution in [3.8, 4) is 5.75 Å². The lowest BCUT2D eigenvalue weighted by Crippen LogP contribution is -2.41. The molecule has 0 fully saturated rings. The minimum Gasteiger partial charge on any atom is -0.482 e. The van der Waals surface area contributed by atoms with Crippen molar-refractivity contribution in [2.45, 2.75) is 0 Å². The van der Waals surface area contributed by atoms with E-state index in [2.05, 4.69) is 10.3 Å². The average molecular weight is 305 g/mol. The number of aromatic nitrogens is 1. The predicted octanol–water partition coefficient (Wildman–Crippen LogP) is 2.20. The molecule has 0 saturated carbocycles. The first-order valence-corrected chi connectivity index (χ1v) is 6.72. The summed E-state index contributed by atoms with van der Waals surface area (Å²) in [4.78, 5) is 16.9. The van der Waals surface area contributed by atoms with Gasteiger partial charge in [0.2, 0.25) is 0 Å². The van der Waals surface area contributed by atoms with Crippen molar-refractivity contribution in [2.75, 3.05) is 29.9 Å². The third-order valence-electron chi connectivity index (χ3n) is 3.30. The van der Waals surface area contributed by atoms with Gasteiger partial charge in [0.1, 0.15) is 11.4 Å². The largest absolute Gasteiger partial charge is 0.482 e. The van der Waals surface area contributed by atoms with Crippen molar-refractivity contribution >= 4 is 17.3 Å². The quantitative estimate of drug-likeness (QED) is 0.941. The molecule has 1 aromatic carbocycles. The van der Waals surface area contributed by atoms with Gasteiger partial charge in [-0.2, -0.15) is 0 Å². The Bertz CT molecular complexity index is 689. The number of benzene rings is 1. The van der Waals surface area contributed by atoms with Crippen LogP contribution in [0, 0.1) is 11.6 Å². The standard InChI is InChI=1S/C15H13F2N3O2/c16-10-7-18-8-11(17)15(10)19-5-6-20-12-3-1-2-4-13(12)22-9-14(20)21/h1-4,7-8H,5-6,9H2,(H,18,19). The number of rotatable bonds is 4. The Morgan fingerprint density at radius 3 is 2.73 bits per heavy atom. The van der Waals surface area contributed by atoms with Gasteiger partial charge in [-0.1, -0.05) is 12.1 Å². The van der Waals surface area contributed by atoms with Crippen LogP contribution in [-0.2, 0) is 4.79 Å². The van der Waals surface area contributed by atoms with Crippen LogP contribution in [0.1, 0.15) is 0 Å². The number of fused-ring (bicyclic) bond motifs is 1. The van der Waals surface area contributed by atoms with E-state index < -0.39 is 11.6 Å². The molecule has 1 aromatic heterocycles. The zero-order valence-electron chi connectivity index (χ0n) is 11.6. The summed E-state index contributed by atoms with van der Waals surface area (Å²) in [6.45, 7) is 0.410. The van der Waals surface area contributed by atoms with Gasteiger partial charge in [-0.25, -0.2) is 8.78 Å². The Kier molecular flexibility index (Phi) is 3.86. The van der Waals surface area contributed by atoms with Crippen molar-refractivity contribution < 1.29 is 18.3 Å². The van der Waals surface area contributed by atoms with Gasteiger partial charge in [0, 0.05) is 13.1 Å². The number of halogens is 2. The molecule has 0 atom stereocenters. The van der Waals surface area contributed by atoms with Crippen LogP contribution in [0.5, 0.6) is 5.75 Å². The van der Waals surface area contributed by atoms with Gasteiger partial charge < -0.3 is 15.0 Å². The first kappa shape index (κ1) is 14.2. The fraction of sp³-hybridized carbons (Fsp3) is 0.200. The minimum atomic E-state index is -0.770. The summed E-state index contributed by atoms with van der Waals surface area (Å²) in [6.07, 6.45) is 1.86. The average Bonchev–Trinajstić information content (AvgIpc) is 2.52. The van der Waals surface area contributed by atoms with Gasteiger partial charge >= 0.3 is 0 Å². The van der Waals surface area contributed by atoms with E-state index in [1.54, 1.807) is 18.2 Å². The van der Waals surface area contributed by atoms with E-state index in [1.807, 2.05) is 6.07 Å². The van der Waals surface area contributed by atoms with Crippen LogP contribution < -0.4 is 15.0 Å². The maximum atomic E-state index is 13.5. The molecule has 0 radical (unpaired) electrons. The lowest BCUT2D eigenvalue weighted by Gasteiger charge is -2.29. The smallest absolute Gasteiger partial charge is 0.265 e. The summed E-state index contributed by atoms with van der Waals surface area (Å²) < 4.78 is 32.3. The molecule has 0 unspecified atom stereocenters. The van der Waals surface area contributed by atoms with Crippen LogP contribution in [0.15, 0.2) is 36.7 Å². The molecule has 1 aliphatic rings. The number of nitrogens with zero attached hydrogens (tertiary/aromatic N) is 2. The molecule has 0 spiro atoms. The fourth-order valence-electron chi connectivity index (χ4n) is 2.27. The number of amides is 1. The monoisotopic (exact) mass is 305 g/mol. The summed E-state index contributed by atoms with van der Waals surface area (Å²) >= 11 is 0. The number of carbonyl (C=O) groups is 1. The van der Waals surface area contributed by atoms with Crippen LogP contribution in [0.2, 0.25) is 0 Å². The Labute approximate surface area is 125 Å². The van der Waals surface area contributed by atoms with E-state index in [1.165, 1.54) is 4.90 Å². The highest BCUT2D eigenvalue weighted by Crippen LogP contribution is 2.31. The second kappa shape index (κ2) is 5.97. The van der Waals surface area contributed by atoms with E-state index in [4.69, 9.17) is 4.74 Å². The molecule has 1 N–H and O–H groups in total. The molecular weight excluding hydrogens is 292 g/mol. The van der Waals surface area contributed by atoms with Crippen molar-refractivity contribution in [1.82, 2.24) is 4.98 Å². The van der Waals surface area contributed by atoms with Gasteiger partial charge in [0.05, 0.1) is 18.1 Å². The number of nitrogens with one attached hydrogen (secondary N) is 1. The topological polar surface area (TPSA) is 54.5 Å². The molecule has 1 amide bonds. The van der Waals surface area contributed by atoms with Gasteiger partial charge in [-0.05, 0) is 12.1 Å². The lowest BCUT2D eigenvalue weighted by atomic mass is 10.2. The first-order valence-electron chi connectivity index (χ1n) is 6.72. The third kappa shape index (κ3) is 2.69. The Balaban J connectivity index is 1.70. The highest BCUT2D eigenvalue weighted by Gasteiger charge is 2.24. The van der Waals surface area contributed by atoms with Crippen molar-refractivity contribution in [1.29, 1.82) is 0 Å². The summed E-state index contributed by atoms with van der Waals surface area (Å²) in [7, 11) is 0. The second-order valence-corrected chi connectivity index (χ2v) is 4.71. The molecule has 7 heteroatoms. The fourth-order valence-corrected chi connectivity index (χ4v) is 2.27. The summed E-state index contributed by atoms with van der Waals surface area (Å²) in [6, 6.07) is 7.14. The maximum absolute atomic E-state index is 13.5. The molecule has 114 valence electrons. The number of hydrogen-bond donors (Lipinski definition) is 1. The van der Waals surface area contributed by atoms with Crippen LogP contribution in [0.4, 0.5) is 20.2 Å². The van der Waals surface area contributed by atoms with Crippen LogP contribution >= 0.6 is 0 Å². The number of para-hydroxylation sites is 2. The van der Waals surface area contributed by atoms with E-state index in [9.17, 15) is 13.6 Å². The molecule has 0 bridgehead atoms. The molecule has 0 saturated heterocycles. The lowest BCUT2D eigenvalue weighted by molar-refractivity contribution is -0.121. The Morgan fingerprint density at radius 2 is 1.95 bits per heavy atom. The Morgan fingerprint density at radius 1 is 1.23 bits per heavy atom. The van der Waals surface area contributed by atoms with Gasteiger partial charge in [0.25, 0.3) is 5.91 Å². The van der Waals surface area contributed by atoms with E-state index in [0.717, 1.165) is 12.4 Å². The number of hydrogen-bond acceptors (Lipinski definition) is 4. The van der Waals surface area contributed by atoms with E-state index >= 15 is 0 Å². The molecular formula is C15H13F2N3O2. The van der Waals surface area contributed by atoms with Crippen LogP contribution in [0.3, 0.4) is 0 Å². The first-order chi connectivity index (χ1) is 10.7. The third-order valence-corrected chi connectivity index (χ3v) is 3.30. The number of carbonyl (C=O) groups excluding carboxylic acids is 1. The molecule has 0 aliphatic carbocycles. The van der Waals surface area contributed by atoms with Crippen molar-refractivity contribution in [3.05, 3.63) is 48.3 Å². The summed E-state index contributed by atoms with van der Waals surface area (Å²) in [5.41, 5.74) is 0.403.